The summed E-state index contributed by atoms with van der Waals surface area (Å²) in [5, 5.41) is 0. The van der Waals surface area contributed by atoms with E-state index in [-0.39, 0.29) is 11.8 Å². The van der Waals surface area contributed by atoms with Gasteiger partial charge in [-0.05, 0) is 43.4 Å². The fourth-order valence-corrected chi connectivity index (χ4v) is 4.05. The minimum Gasteiger partial charge on any atom is -0.338 e. The molecule has 0 bridgehead atoms. The fourth-order valence-electron chi connectivity index (χ4n) is 4.05. The number of piperidine rings is 1. The summed E-state index contributed by atoms with van der Waals surface area (Å²) in [6, 6.07) is 4.04. The number of imidazole rings is 1. The molecule has 0 spiro atoms. The van der Waals surface area contributed by atoms with Gasteiger partial charge < -0.3 is 9.47 Å². The van der Waals surface area contributed by atoms with Gasteiger partial charge in [0.15, 0.2) is 0 Å². The molecule has 7 nitrogen and oxygen atoms in total. The minimum absolute atomic E-state index is 0.0179. The Morgan fingerprint density at radius 1 is 1.00 bits per heavy atom. The maximum atomic E-state index is 13.0. The van der Waals surface area contributed by atoms with Crippen LogP contribution >= 0.6 is 0 Å². The summed E-state index contributed by atoms with van der Waals surface area (Å²) in [6.45, 7) is 2.21. The van der Waals surface area contributed by atoms with Gasteiger partial charge in [-0.3, -0.25) is 9.78 Å². The molecule has 29 heavy (non-hydrogen) atoms. The van der Waals surface area contributed by atoms with Crippen molar-refractivity contribution in [1.29, 1.82) is 0 Å². The van der Waals surface area contributed by atoms with Crippen LogP contribution in [0.4, 0.5) is 0 Å². The SMILES string of the molecule is O=C(c1cnc(C2CC2)nc1)N1CCC[C@H](c2nccn2Cc2ccncc2)C1. The average molecular weight is 388 g/mol. The van der Waals surface area contributed by atoms with Crippen molar-refractivity contribution in [3.05, 3.63) is 72.1 Å². The van der Waals surface area contributed by atoms with Gasteiger partial charge >= 0.3 is 0 Å². The number of nitrogens with zero attached hydrogens (tertiary/aromatic N) is 6. The third-order valence-electron chi connectivity index (χ3n) is 5.78. The zero-order valence-electron chi connectivity index (χ0n) is 16.3. The van der Waals surface area contributed by atoms with Crippen LogP contribution in [0.15, 0.2) is 49.3 Å². The Bertz CT molecular complexity index is 980. The second-order valence-corrected chi connectivity index (χ2v) is 7.96. The molecule has 1 aliphatic carbocycles. The third-order valence-corrected chi connectivity index (χ3v) is 5.78. The van der Waals surface area contributed by atoms with Crippen LogP contribution in [0.25, 0.3) is 0 Å². The first-order chi connectivity index (χ1) is 14.3. The van der Waals surface area contributed by atoms with Crippen LogP contribution in [-0.4, -0.2) is 48.4 Å². The van der Waals surface area contributed by atoms with Gasteiger partial charge in [0, 0.05) is 68.7 Å². The molecule has 2 fully saturated rings. The molecular formula is C22H24N6O. The van der Waals surface area contributed by atoms with E-state index in [4.69, 9.17) is 0 Å². The number of hydrogen-bond acceptors (Lipinski definition) is 5. The Kier molecular flexibility index (Phi) is 4.79. The van der Waals surface area contributed by atoms with Gasteiger partial charge in [0.25, 0.3) is 5.91 Å². The topological polar surface area (TPSA) is 76.8 Å². The molecule has 1 atom stereocenters. The summed E-state index contributed by atoms with van der Waals surface area (Å²) in [7, 11) is 0. The quantitative estimate of drug-likeness (QED) is 0.671. The lowest BCUT2D eigenvalue weighted by atomic mass is 9.96. The molecule has 5 rings (SSSR count). The number of carbonyl (C=O) groups excluding carboxylic acids is 1. The summed E-state index contributed by atoms with van der Waals surface area (Å²) in [5.74, 6) is 2.66. The van der Waals surface area contributed by atoms with Gasteiger partial charge in [0.2, 0.25) is 0 Å². The van der Waals surface area contributed by atoms with Gasteiger partial charge in [0.1, 0.15) is 11.6 Å². The highest BCUT2D eigenvalue weighted by atomic mass is 16.2. The number of amides is 1. The molecule has 1 saturated carbocycles. The van der Waals surface area contributed by atoms with Crippen LogP contribution in [0.1, 0.15) is 65.1 Å². The monoisotopic (exact) mass is 388 g/mol. The van der Waals surface area contributed by atoms with Crippen LogP contribution in [0.3, 0.4) is 0 Å². The van der Waals surface area contributed by atoms with Crippen molar-refractivity contribution in [3.8, 4) is 0 Å². The number of rotatable bonds is 5. The summed E-state index contributed by atoms with van der Waals surface area (Å²) in [6.07, 6.45) is 15.2. The van der Waals surface area contributed by atoms with Crippen LogP contribution in [-0.2, 0) is 6.54 Å². The maximum Gasteiger partial charge on any atom is 0.257 e. The highest BCUT2D eigenvalue weighted by molar-refractivity contribution is 5.93. The lowest BCUT2D eigenvalue weighted by Gasteiger charge is -2.32. The molecule has 0 unspecified atom stereocenters. The van der Waals surface area contributed by atoms with E-state index >= 15 is 0 Å². The first kappa shape index (κ1) is 18.0. The smallest absolute Gasteiger partial charge is 0.257 e. The molecule has 148 valence electrons. The summed E-state index contributed by atoms with van der Waals surface area (Å²) >= 11 is 0. The number of carbonyl (C=O) groups is 1. The second kappa shape index (κ2) is 7.73. The van der Waals surface area contributed by atoms with Gasteiger partial charge in [-0.2, -0.15) is 0 Å². The van der Waals surface area contributed by atoms with Crippen LogP contribution in [0.5, 0.6) is 0 Å². The molecular weight excluding hydrogens is 364 g/mol. The third kappa shape index (κ3) is 3.90. The highest BCUT2D eigenvalue weighted by Gasteiger charge is 2.29. The number of likely N-dealkylation sites (tertiary alicyclic amines) is 1. The van der Waals surface area contributed by atoms with Crippen molar-refractivity contribution in [2.24, 2.45) is 0 Å². The Balaban J connectivity index is 1.29. The highest BCUT2D eigenvalue weighted by Crippen LogP contribution is 2.37. The standard InChI is InChI=1S/C22H24N6O/c29-22(19-12-25-20(26-13-19)17-3-4-17)28-10-1-2-18(15-28)21-24-9-11-27(21)14-16-5-7-23-8-6-16/h5-9,11-13,17-18H,1-4,10,14-15H2/t18-/m0/s1. The van der Waals surface area contributed by atoms with E-state index in [9.17, 15) is 4.79 Å². The van der Waals surface area contributed by atoms with E-state index in [0.29, 0.717) is 18.0 Å². The molecule has 7 heteroatoms. The number of pyridine rings is 1. The largest absolute Gasteiger partial charge is 0.338 e. The summed E-state index contributed by atoms with van der Waals surface area (Å²) in [4.78, 5) is 32.4. The van der Waals surface area contributed by atoms with Crippen LogP contribution in [0.2, 0.25) is 0 Å². The molecule has 0 aromatic carbocycles. The zero-order valence-corrected chi connectivity index (χ0v) is 16.3. The second-order valence-electron chi connectivity index (χ2n) is 7.96. The molecule has 1 aliphatic heterocycles. The first-order valence-corrected chi connectivity index (χ1v) is 10.3. The Morgan fingerprint density at radius 2 is 1.79 bits per heavy atom. The van der Waals surface area contributed by atoms with Crippen molar-refractivity contribution in [2.75, 3.05) is 13.1 Å². The predicted molar refractivity (Wildman–Crippen MR) is 107 cm³/mol. The first-order valence-electron chi connectivity index (χ1n) is 10.3. The van der Waals surface area contributed by atoms with E-state index in [0.717, 1.165) is 50.4 Å². The van der Waals surface area contributed by atoms with Crippen molar-refractivity contribution < 1.29 is 4.79 Å². The number of hydrogen-bond donors (Lipinski definition) is 0. The molecule has 4 heterocycles. The lowest BCUT2D eigenvalue weighted by molar-refractivity contribution is 0.0702. The van der Waals surface area contributed by atoms with E-state index in [1.807, 2.05) is 41.8 Å². The molecule has 0 radical (unpaired) electrons. The van der Waals surface area contributed by atoms with Crippen molar-refractivity contribution >= 4 is 5.91 Å². The molecule has 3 aromatic heterocycles. The Labute approximate surface area is 169 Å². The average Bonchev–Trinajstić information content (AvgIpc) is 3.53. The molecule has 2 aliphatic rings. The molecule has 0 N–H and O–H groups in total. The van der Waals surface area contributed by atoms with Gasteiger partial charge in [-0.25, -0.2) is 15.0 Å². The molecule has 3 aromatic rings. The fraction of sp³-hybridized carbons (Fsp3) is 0.409. The van der Waals surface area contributed by atoms with Gasteiger partial charge in [-0.15, -0.1) is 0 Å². The van der Waals surface area contributed by atoms with Crippen molar-refractivity contribution in [1.82, 2.24) is 29.4 Å². The summed E-state index contributed by atoms with van der Waals surface area (Å²) in [5.41, 5.74) is 1.77. The van der Waals surface area contributed by atoms with Crippen molar-refractivity contribution in [3.63, 3.8) is 0 Å². The van der Waals surface area contributed by atoms with Gasteiger partial charge in [-0.1, -0.05) is 0 Å². The van der Waals surface area contributed by atoms with Gasteiger partial charge in [0.05, 0.1) is 5.56 Å². The normalized spacial score (nSPS) is 19.3. The van der Waals surface area contributed by atoms with Crippen LogP contribution < -0.4 is 0 Å². The summed E-state index contributed by atoms with van der Waals surface area (Å²) < 4.78 is 2.18. The van der Waals surface area contributed by atoms with Crippen LogP contribution in [0, 0.1) is 0 Å². The van der Waals surface area contributed by atoms with Crippen molar-refractivity contribution in [2.45, 2.75) is 44.1 Å². The molecule has 1 saturated heterocycles. The van der Waals surface area contributed by atoms with E-state index in [1.165, 1.54) is 5.56 Å². The zero-order chi connectivity index (χ0) is 19.6. The lowest BCUT2D eigenvalue weighted by Crippen LogP contribution is -2.40. The minimum atomic E-state index is 0.0179. The predicted octanol–water partition coefficient (Wildman–Crippen LogP) is 3.01. The van der Waals surface area contributed by atoms with E-state index < -0.39 is 0 Å². The molecule has 1 amide bonds. The number of aromatic nitrogens is 5. The maximum absolute atomic E-state index is 13.0. The Morgan fingerprint density at radius 3 is 2.55 bits per heavy atom. The Hall–Kier alpha value is -3.09. The van der Waals surface area contributed by atoms with E-state index in [2.05, 4.69) is 24.5 Å². The van der Waals surface area contributed by atoms with E-state index in [1.54, 1.807) is 12.4 Å².